The fraction of sp³-hybridized carbons (Fsp3) is 1.00. The molecule has 0 amide bonds. The van der Waals surface area contributed by atoms with E-state index in [1.54, 1.807) is 0 Å². The van der Waals surface area contributed by atoms with Gasteiger partial charge >= 0.3 is 0 Å². The van der Waals surface area contributed by atoms with Gasteiger partial charge in [-0.05, 0) is 32.4 Å². The van der Waals surface area contributed by atoms with Gasteiger partial charge in [-0.1, -0.05) is 27.2 Å². The van der Waals surface area contributed by atoms with E-state index in [4.69, 9.17) is 5.73 Å². The molecule has 0 aromatic heterocycles. The van der Waals surface area contributed by atoms with Crippen molar-refractivity contribution in [3.8, 4) is 0 Å². The van der Waals surface area contributed by atoms with Crippen LogP contribution < -0.4 is 5.73 Å². The summed E-state index contributed by atoms with van der Waals surface area (Å²) in [5.74, 6) is 0.608. The van der Waals surface area contributed by atoms with Crippen LogP contribution >= 0.6 is 0 Å². The first kappa shape index (κ1) is 12.9. The molecule has 0 bridgehead atoms. The normalized spacial score (nSPS) is 16.2. The molecule has 13 heavy (non-hydrogen) atoms. The molecule has 0 radical (unpaired) electrons. The number of nitrogens with zero attached hydrogens (tertiary/aromatic N) is 1. The lowest BCUT2D eigenvalue weighted by Crippen LogP contribution is -2.36. The molecular weight excluding hydrogens is 160 g/mol. The minimum Gasteiger partial charge on any atom is -0.328 e. The van der Waals surface area contributed by atoms with E-state index >= 15 is 0 Å². The van der Waals surface area contributed by atoms with E-state index in [1.165, 1.54) is 19.4 Å². The number of hydrogen-bond donors (Lipinski definition) is 1. The first-order valence-corrected chi connectivity index (χ1v) is 5.59. The molecule has 0 aromatic rings. The van der Waals surface area contributed by atoms with Crippen LogP contribution in [0.2, 0.25) is 0 Å². The summed E-state index contributed by atoms with van der Waals surface area (Å²) in [6, 6.07) is 0.315. The van der Waals surface area contributed by atoms with Crippen LogP contribution in [0.5, 0.6) is 0 Å². The van der Waals surface area contributed by atoms with Gasteiger partial charge in [0, 0.05) is 12.6 Å². The zero-order valence-corrected chi connectivity index (χ0v) is 9.71. The number of rotatable bonds is 7. The summed E-state index contributed by atoms with van der Waals surface area (Å²) in [6.45, 7) is 12.3. The summed E-state index contributed by atoms with van der Waals surface area (Å²) < 4.78 is 0. The standard InChI is InChI=1S/C11H26N2/c1-5-7-8-13(6-2)9-10(3)11(4)12/h10-11H,5-9,12H2,1-4H3. The monoisotopic (exact) mass is 186 g/mol. The Hall–Kier alpha value is -0.0800. The first-order valence-electron chi connectivity index (χ1n) is 5.59. The second kappa shape index (κ2) is 7.34. The van der Waals surface area contributed by atoms with Crippen molar-refractivity contribution in [3.05, 3.63) is 0 Å². The largest absolute Gasteiger partial charge is 0.328 e. The molecular formula is C11H26N2. The topological polar surface area (TPSA) is 29.3 Å². The van der Waals surface area contributed by atoms with Crippen LogP contribution in [0.15, 0.2) is 0 Å². The Labute approximate surface area is 83.5 Å². The summed E-state index contributed by atoms with van der Waals surface area (Å²) in [4.78, 5) is 2.50. The summed E-state index contributed by atoms with van der Waals surface area (Å²) in [5.41, 5.74) is 5.84. The van der Waals surface area contributed by atoms with Crippen molar-refractivity contribution in [2.75, 3.05) is 19.6 Å². The van der Waals surface area contributed by atoms with Crippen molar-refractivity contribution in [2.24, 2.45) is 11.7 Å². The van der Waals surface area contributed by atoms with E-state index in [0.29, 0.717) is 12.0 Å². The minimum absolute atomic E-state index is 0.315. The van der Waals surface area contributed by atoms with Gasteiger partial charge in [0.05, 0.1) is 0 Å². The SMILES string of the molecule is CCCCN(CC)CC(C)C(C)N. The number of unbranched alkanes of at least 4 members (excludes halogenated alkanes) is 1. The molecule has 2 N–H and O–H groups in total. The Bertz CT molecular complexity index is 113. The third-order valence-electron chi connectivity index (χ3n) is 2.72. The molecule has 0 heterocycles. The van der Waals surface area contributed by atoms with Gasteiger partial charge < -0.3 is 10.6 Å². The quantitative estimate of drug-likeness (QED) is 0.659. The lowest BCUT2D eigenvalue weighted by atomic mass is 10.0. The molecule has 2 nitrogen and oxygen atoms in total. The molecule has 2 atom stereocenters. The fourth-order valence-electron chi connectivity index (χ4n) is 1.33. The van der Waals surface area contributed by atoms with Crippen LogP contribution in [0.25, 0.3) is 0 Å². The molecule has 0 fully saturated rings. The lowest BCUT2D eigenvalue weighted by Gasteiger charge is -2.26. The molecule has 80 valence electrons. The van der Waals surface area contributed by atoms with Gasteiger partial charge in [0.25, 0.3) is 0 Å². The molecule has 0 aromatic carbocycles. The highest BCUT2D eigenvalue weighted by atomic mass is 15.1. The highest BCUT2D eigenvalue weighted by molar-refractivity contribution is 4.68. The van der Waals surface area contributed by atoms with E-state index in [9.17, 15) is 0 Å². The predicted octanol–water partition coefficient (Wildman–Crippen LogP) is 2.09. The highest BCUT2D eigenvalue weighted by Gasteiger charge is 2.11. The van der Waals surface area contributed by atoms with Crippen molar-refractivity contribution in [2.45, 2.75) is 46.6 Å². The molecule has 0 aliphatic heterocycles. The first-order chi connectivity index (χ1) is 6.11. The molecule has 0 saturated carbocycles. The van der Waals surface area contributed by atoms with E-state index in [2.05, 4.69) is 32.6 Å². The van der Waals surface area contributed by atoms with Crippen LogP contribution in [0.3, 0.4) is 0 Å². The van der Waals surface area contributed by atoms with Crippen LogP contribution in [-0.2, 0) is 0 Å². The summed E-state index contributed by atoms with van der Waals surface area (Å²) >= 11 is 0. The molecule has 0 saturated heterocycles. The number of nitrogens with two attached hydrogens (primary N) is 1. The lowest BCUT2D eigenvalue weighted by molar-refractivity contribution is 0.232. The van der Waals surface area contributed by atoms with Gasteiger partial charge in [-0.15, -0.1) is 0 Å². The maximum atomic E-state index is 5.84. The van der Waals surface area contributed by atoms with E-state index < -0.39 is 0 Å². The zero-order chi connectivity index (χ0) is 10.3. The van der Waals surface area contributed by atoms with Crippen LogP contribution in [0.4, 0.5) is 0 Å². The average molecular weight is 186 g/mol. The smallest absolute Gasteiger partial charge is 0.00483 e. The van der Waals surface area contributed by atoms with E-state index in [-0.39, 0.29) is 0 Å². The minimum atomic E-state index is 0.315. The molecule has 0 aliphatic carbocycles. The molecule has 2 unspecified atom stereocenters. The van der Waals surface area contributed by atoms with Crippen molar-refractivity contribution in [1.82, 2.24) is 4.90 Å². The van der Waals surface area contributed by atoms with Gasteiger partial charge in [-0.25, -0.2) is 0 Å². The van der Waals surface area contributed by atoms with Gasteiger partial charge in [0.15, 0.2) is 0 Å². The molecule has 0 rings (SSSR count). The second-order valence-corrected chi connectivity index (χ2v) is 4.08. The Balaban J connectivity index is 3.69. The van der Waals surface area contributed by atoms with Crippen molar-refractivity contribution in [3.63, 3.8) is 0 Å². The van der Waals surface area contributed by atoms with Crippen LogP contribution in [0.1, 0.15) is 40.5 Å². The molecule has 0 spiro atoms. The van der Waals surface area contributed by atoms with Gasteiger partial charge in [-0.2, -0.15) is 0 Å². The zero-order valence-electron chi connectivity index (χ0n) is 9.71. The van der Waals surface area contributed by atoms with Crippen LogP contribution in [0, 0.1) is 5.92 Å². The average Bonchev–Trinajstić information content (AvgIpc) is 2.11. The Morgan fingerprint density at radius 1 is 1.23 bits per heavy atom. The maximum absolute atomic E-state index is 5.84. The third kappa shape index (κ3) is 6.05. The summed E-state index contributed by atoms with van der Waals surface area (Å²) in [7, 11) is 0. The Morgan fingerprint density at radius 3 is 2.23 bits per heavy atom. The second-order valence-electron chi connectivity index (χ2n) is 4.08. The van der Waals surface area contributed by atoms with Gasteiger partial charge in [-0.3, -0.25) is 0 Å². The molecule has 2 heteroatoms. The van der Waals surface area contributed by atoms with Crippen molar-refractivity contribution in [1.29, 1.82) is 0 Å². The molecule has 0 aliphatic rings. The third-order valence-corrected chi connectivity index (χ3v) is 2.72. The van der Waals surface area contributed by atoms with Gasteiger partial charge in [0.1, 0.15) is 0 Å². The Kier molecular flexibility index (Phi) is 7.29. The van der Waals surface area contributed by atoms with E-state index in [1.807, 2.05) is 0 Å². The number of hydrogen-bond acceptors (Lipinski definition) is 2. The summed E-state index contributed by atoms with van der Waals surface area (Å²) in [6.07, 6.45) is 2.59. The summed E-state index contributed by atoms with van der Waals surface area (Å²) in [5, 5.41) is 0. The fourth-order valence-corrected chi connectivity index (χ4v) is 1.33. The predicted molar refractivity (Wildman–Crippen MR) is 59.8 cm³/mol. The van der Waals surface area contributed by atoms with Crippen LogP contribution in [-0.4, -0.2) is 30.6 Å². The highest BCUT2D eigenvalue weighted by Crippen LogP contribution is 2.04. The van der Waals surface area contributed by atoms with Crippen molar-refractivity contribution >= 4 is 0 Å². The maximum Gasteiger partial charge on any atom is 0.00483 e. The Morgan fingerprint density at radius 2 is 1.85 bits per heavy atom. The van der Waals surface area contributed by atoms with Crippen molar-refractivity contribution < 1.29 is 0 Å². The van der Waals surface area contributed by atoms with E-state index in [0.717, 1.165) is 13.1 Å². The van der Waals surface area contributed by atoms with Gasteiger partial charge in [0.2, 0.25) is 0 Å².